The van der Waals surface area contributed by atoms with E-state index in [1.807, 2.05) is 13.8 Å². The monoisotopic (exact) mass is 675 g/mol. The van der Waals surface area contributed by atoms with Gasteiger partial charge in [-0.3, -0.25) is 14.5 Å². The van der Waals surface area contributed by atoms with E-state index in [0.717, 1.165) is 10.6 Å². The van der Waals surface area contributed by atoms with E-state index in [0.29, 0.717) is 42.1 Å². The number of benzene rings is 2. The summed E-state index contributed by atoms with van der Waals surface area (Å²) in [5, 5.41) is 13.9. The van der Waals surface area contributed by atoms with Gasteiger partial charge in [0.15, 0.2) is 0 Å². The number of carbonyl (C=O) groups is 3. The minimum atomic E-state index is -1.57. The smallest absolute Gasteiger partial charge is 0.408 e. The van der Waals surface area contributed by atoms with Crippen LogP contribution in [0.1, 0.15) is 63.3 Å². The predicted octanol–water partition coefficient (Wildman–Crippen LogP) is 5.95. The van der Waals surface area contributed by atoms with E-state index in [2.05, 4.69) is 10.3 Å². The topological polar surface area (TPSA) is 132 Å². The largest absolute Gasteiger partial charge is 0.465 e. The van der Waals surface area contributed by atoms with Gasteiger partial charge in [0.05, 0.1) is 28.1 Å². The molecule has 2 aromatic carbocycles. The molecule has 46 heavy (non-hydrogen) atoms. The van der Waals surface area contributed by atoms with Crippen molar-refractivity contribution in [3.05, 3.63) is 69.9 Å². The van der Waals surface area contributed by atoms with Crippen molar-refractivity contribution in [1.82, 2.24) is 20.1 Å². The molecule has 1 aromatic heterocycles. The van der Waals surface area contributed by atoms with Crippen molar-refractivity contribution in [3.8, 4) is 0 Å². The van der Waals surface area contributed by atoms with Crippen LogP contribution < -0.4 is 11.1 Å². The van der Waals surface area contributed by atoms with Crippen LogP contribution in [-0.4, -0.2) is 67.5 Å². The van der Waals surface area contributed by atoms with Crippen LogP contribution >= 0.6 is 23.8 Å². The zero-order chi connectivity index (χ0) is 33.9. The van der Waals surface area contributed by atoms with Crippen LogP contribution in [0.15, 0.2) is 36.4 Å². The molecular weight excluding hydrogens is 636 g/mol. The van der Waals surface area contributed by atoms with Crippen LogP contribution in [0.3, 0.4) is 0 Å². The number of hydrogen-bond acceptors (Lipinski definition) is 4. The summed E-state index contributed by atoms with van der Waals surface area (Å²) in [6.45, 7) is 5.11. The Kier molecular flexibility index (Phi) is 10.9. The lowest BCUT2D eigenvalue weighted by Gasteiger charge is -2.43. The van der Waals surface area contributed by atoms with Gasteiger partial charge in [0, 0.05) is 30.1 Å². The summed E-state index contributed by atoms with van der Waals surface area (Å²) in [5.74, 6) is -2.83. The summed E-state index contributed by atoms with van der Waals surface area (Å²) in [4.78, 5) is 47.3. The van der Waals surface area contributed by atoms with Gasteiger partial charge in [-0.15, -0.1) is 0 Å². The SMILES string of the molecule is CCCC(C(N)=S)N(C)C(=O)C1(NC(=O)[C@H](C(C)CC)N(Cc2ccccc2F)C(=O)O)CCc2[nH]c3c(Cl)cc(F)cc3c2C1. The molecule has 3 amide bonds. The number of fused-ring (bicyclic) bond motifs is 3. The average Bonchev–Trinajstić information content (AvgIpc) is 3.37. The zero-order valence-electron chi connectivity index (χ0n) is 26.3. The number of aromatic amines is 1. The van der Waals surface area contributed by atoms with Crippen molar-refractivity contribution in [1.29, 1.82) is 0 Å². The van der Waals surface area contributed by atoms with Gasteiger partial charge in [0.1, 0.15) is 23.2 Å². The Balaban J connectivity index is 1.82. The highest BCUT2D eigenvalue weighted by atomic mass is 35.5. The number of likely N-dealkylation sites (N-methyl/N-ethyl adjacent to an activating group) is 1. The summed E-state index contributed by atoms with van der Waals surface area (Å²) in [6, 6.07) is 6.44. The molecule has 1 heterocycles. The number of thiocarbonyl (C=S) groups is 1. The van der Waals surface area contributed by atoms with E-state index in [1.54, 1.807) is 20.0 Å². The molecule has 4 rings (SSSR count). The lowest BCUT2D eigenvalue weighted by molar-refractivity contribution is -0.144. The van der Waals surface area contributed by atoms with Gasteiger partial charge >= 0.3 is 6.09 Å². The average molecular weight is 676 g/mol. The highest BCUT2D eigenvalue weighted by molar-refractivity contribution is 7.80. The number of aryl methyl sites for hydroxylation is 1. The number of nitrogens with zero attached hydrogens (tertiary/aromatic N) is 2. The maximum Gasteiger partial charge on any atom is 0.408 e. The third kappa shape index (κ3) is 6.97. The van der Waals surface area contributed by atoms with Gasteiger partial charge < -0.3 is 26.0 Å². The second-order valence-corrected chi connectivity index (χ2v) is 13.0. The molecule has 0 saturated heterocycles. The first-order valence-corrected chi connectivity index (χ1v) is 16.1. The molecule has 0 saturated carbocycles. The molecule has 5 N–H and O–H groups in total. The Morgan fingerprint density at radius 1 is 1.22 bits per heavy atom. The predicted molar refractivity (Wildman–Crippen MR) is 178 cm³/mol. The van der Waals surface area contributed by atoms with Crippen LogP contribution in [0, 0.1) is 17.6 Å². The molecule has 0 radical (unpaired) electrons. The second kappa shape index (κ2) is 14.3. The summed E-state index contributed by atoms with van der Waals surface area (Å²) in [7, 11) is 1.57. The van der Waals surface area contributed by atoms with E-state index in [-0.39, 0.29) is 35.0 Å². The molecule has 3 aromatic rings. The normalized spacial score (nSPS) is 17.9. The minimum Gasteiger partial charge on any atom is -0.465 e. The minimum absolute atomic E-state index is 0.0270. The summed E-state index contributed by atoms with van der Waals surface area (Å²) >= 11 is 11.7. The molecule has 248 valence electrons. The van der Waals surface area contributed by atoms with Gasteiger partial charge in [-0.2, -0.15) is 0 Å². The third-order valence-electron chi connectivity index (χ3n) is 9.08. The molecule has 1 aliphatic rings. The van der Waals surface area contributed by atoms with E-state index in [9.17, 15) is 28.3 Å². The molecule has 4 atom stereocenters. The number of halogens is 3. The third-order valence-corrected chi connectivity index (χ3v) is 9.65. The number of amides is 3. The van der Waals surface area contributed by atoms with E-state index in [1.165, 1.54) is 35.2 Å². The first kappa shape index (κ1) is 35.1. The maximum atomic E-state index is 14.7. The molecule has 0 fully saturated rings. The molecule has 0 bridgehead atoms. The van der Waals surface area contributed by atoms with E-state index >= 15 is 0 Å². The van der Waals surface area contributed by atoms with E-state index in [4.69, 9.17) is 29.6 Å². The summed E-state index contributed by atoms with van der Waals surface area (Å²) in [5.41, 5.74) is 6.48. The van der Waals surface area contributed by atoms with Crippen molar-refractivity contribution < 1.29 is 28.3 Å². The van der Waals surface area contributed by atoms with Crippen LogP contribution in [-0.2, 0) is 29.0 Å². The van der Waals surface area contributed by atoms with Gasteiger partial charge in [-0.25, -0.2) is 13.6 Å². The fraction of sp³-hybridized carbons (Fsp3) is 0.455. The van der Waals surface area contributed by atoms with Crippen molar-refractivity contribution >= 4 is 57.6 Å². The van der Waals surface area contributed by atoms with Crippen molar-refractivity contribution in [2.24, 2.45) is 11.7 Å². The van der Waals surface area contributed by atoms with Crippen molar-refractivity contribution in [2.75, 3.05) is 7.05 Å². The Labute approximate surface area is 277 Å². The molecule has 9 nitrogen and oxygen atoms in total. The first-order valence-electron chi connectivity index (χ1n) is 15.3. The number of carbonyl (C=O) groups excluding carboxylic acids is 2. The lowest BCUT2D eigenvalue weighted by atomic mass is 9.77. The highest BCUT2D eigenvalue weighted by Gasteiger charge is 2.48. The van der Waals surface area contributed by atoms with Crippen LogP contribution in [0.4, 0.5) is 13.6 Å². The Hall–Kier alpha value is -3.77. The van der Waals surface area contributed by atoms with Crippen molar-refractivity contribution in [3.63, 3.8) is 0 Å². The molecule has 13 heteroatoms. The van der Waals surface area contributed by atoms with Gasteiger partial charge in [-0.05, 0) is 48.9 Å². The first-order chi connectivity index (χ1) is 21.7. The quantitative estimate of drug-likeness (QED) is 0.176. The molecule has 0 spiro atoms. The number of carboxylic acid groups (broad SMARTS) is 1. The number of rotatable bonds is 12. The number of hydrogen-bond donors (Lipinski definition) is 4. The van der Waals surface area contributed by atoms with Crippen LogP contribution in [0.2, 0.25) is 5.02 Å². The summed E-state index contributed by atoms with van der Waals surface area (Å²) < 4.78 is 29.2. The van der Waals surface area contributed by atoms with E-state index < -0.39 is 53.1 Å². The van der Waals surface area contributed by atoms with Gasteiger partial charge in [0.25, 0.3) is 0 Å². The number of nitrogens with one attached hydrogen (secondary N) is 2. The Bertz CT molecular complexity index is 1650. The fourth-order valence-corrected chi connectivity index (χ4v) is 6.96. The summed E-state index contributed by atoms with van der Waals surface area (Å²) in [6.07, 6.45) is 0.607. The number of aromatic nitrogens is 1. The molecule has 3 unspecified atom stereocenters. The second-order valence-electron chi connectivity index (χ2n) is 12.1. The zero-order valence-corrected chi connectivity index (χ0v) is 27.9. The van der Waals surface area contributed by atoms with Crippen LogP contribution in [0.25, 0.3) is 10.9 Å². The number of nitrogens with two attached hydrogens (primary N) is 1. The fourth-order valence-electron chi connectivity index (χ4n) is 6.43. The molecule has 0 aliphatic heterocycles. The Morgan fingerprint density at radius 3 is 2.52 bits per heavy atom. The molecular formula is C33H40ClF2N5O4S. The van der Waals surface area contributed by atoms with Gasteiger partial charge in [0.2, 0.25) is 11.8 Å². The lowest BCUT2D eigenvalue weighted by Crippen LogP contribution is -2.66. The molecule has 1 aliphatic carbocycles. The number of H-pyrrole nitrogens is 1. The van der Waals surface area contributed by atoms with Crippen LogP contribution in [0.5, 0.6) is 0 Å². The maximum absolute atomic E-state index is 14.7. The standard InChI is InChI=1S/C33H40ClF2N5O4S/c1-5-9-26(29(37)46)40(4)31(43)33(13-12-25-22(16-33)21-14-20(35)15-23(34)27(21)38-25)39-30(42)28(18(3)6-2)41(32(44)45)17-19-10-7-8-11-24(19)36/h7-8,10-11,14-15,18,26,28,38H,5-6,9,12-13,16-17H2,1-4H3,(H2,37,46)(H,39,42)(H,44,45)/t18?,26?,28-,33?/m0/s1. The van der Waals surface area contributed by atoms with Crippen molar-refractivity contribution in [2.45, 2.75) is 83.5 Å². The highest BCUT2D eigenvalue weighted by Crippen LogP contribution is 2.38. The Morgan fingerprint density at radius 2 is 1.91 bits per heavy atom. The van der Waals surface area contributed by atoms with Gasteiger partial charge in [-0.1, -0.05) is 75.6 Å².